The summed E-state index contributed by atoms with van der Waals surface area (Å²) >= 11 is 0. The Balaban J connectivity index is 0.00000200. The van der Waals surface area contributed by atoms with Gasteiger partial charge in [-0.3, -0.25) is 9.37 Å². The van der Waals surface area contributed by atoms with Crippen LogP contribution < -0.4 is 5.32 Å². The summed E-state index contributed by atoms with van der Waals surface area (Å²) in [5.41, 5.74) is 2.03. The molecule has 2 rings (SSSR count). The Morgan fingerprint density at radius 1 is 1.35 bits per heavy atom. The topological polar surface area (TPSA) is 37.3 Å². The molecule has 0 aliphatic carbocycles. The molecule has 0 aliphatic heterocycles. The van der Waals surface area contributed by atoms with Crippen LogP contribution in [-0.4, -0.2) is 18.2 Å². The molecule has 1 heterocycles. The third-order valence-corrected chi connectivity index (χ3v) is 2.23. The molecule has 0 bridgehead atoms. The van der Waals surface area contributed by atoms with Crippen LogP contribution in [-0.2, 0) is 32.7 Å². The minimum Gasteiger partial charge on any atom is -0.402 e. The summed E-state index contributed by atoms with van der Waals surface area (Å²) in [4.78, 5) is 8.04. The number of rotatable bonds is 2. The van der Waals surface area contributed by atoms with Crippen molar-refractivity contribution in [2.24, 2.45) is 4.99 Å². The zero-order valence-electron chi connectivity index (χ0n) is 10.8. The van der Waals surface area contributed by atoms with Crippen molar-refractivity contribution in [3.8, 4) is 11.8 Å². The number of aliphatic imine (C=N–C) groups is 1. The van der Waals surface area contributed by atoms with Crippen molar-refractivity contribution in [3.63, 3.8) is 0 Å². The average molecular weight is 340 g/mol. The van der Waals surface area contributed by atoms with Crippen LogP contribution in [0.2, 0.25) is 0 Å². The number of hydrogen-bond donors (Lipinski definition) is 1. The monoisotopic (exact) mass is 340 g/mol. The van der Waals surface area contributed by atoms with Crippen LogP contribution in [0.25, 0.3) is 0 Å². The summed E-state index contributed by atoms with van der Waals surface area (Å²) in [5.74, 6) is 5.09. The van der Waals surface area contributed by atoms with E-state index in [9.17, 15) is 4.39 Å². The fourth-order valence-electron chi connectivity index (χ4n) is 1.26. The van der Waals surface area contributed by atoms with Crippen LogP contribution in [0.3, 0.4) is 0 Å². The molecule has 1 aromatic carbocycles. The molecule has 0 fully saturated rings. The molecule has 2 aromatic rings. The van der Waals surface area contributed by atoms with E-state index >= 15 is 0 Å². The van der Waals surface area contributed by atoms with Gasteiger partial charge in [0.2, 0.25) is 0 Å². The predicted octanol–water partition coefficient (Wildman–Crippen LogP) is 2.69. The van der Waals surface area contributed by atoms with Gasteiger partial charge in [-0.25, -0.2) is 6.07 Å². The van der Waals surface area contributed by atoms with Crippen molar-refractivity contribution in [2.45, 2.75) is 0 Å². The van der Waals surface area contributed by atoms with Gasteiger partial charge in [-0.2, -0.15) is 29.7 Å². The number of nitrogens with zero attached hydrogens (tertiary/aromatic N) is 2. The van der Waals surface area contributed by atoms with Crippen molar-refractivity contribution >= 4 is 17.6 Å². The molecule has 5 heteroatoms. The maximum Gasteiger partial charge on any atom is 0.0524 e. The average Bonchev–Trinajstić information content (AvgIpc) is 2.46. The van der Waals surface area contributed by atoms with Crippen molar-refractivity contribution in [3.05, 3.63) is 54.1 Å². The maximum atomic E-state index is 12.6. The first kappa shape index (κ1) is 16.5. The molecule has 0 atom stereocenters. The van der Waals surface area contributed by atoms with Gasteiger partial charge in [-0.15, -0.1) is 6.07 Å². The Kier molecular flexibility index (Phi) is 7.07. The predicted molar refractivity (Wildman–Crippen MR) is 73.0 cm³/mol. The van der Waals surface area contributed by atoms with E-state index in [0.29, 0.717) is 11.4 Å². The first-order valence-corrected chi connectivity index (χ1v) is 5.56. The van der Waals surface area contributed by atoms with Crippen LogP contribution in [0.4, 0.5) is 15.8 Å². The first-order valence-electron chi connectivity index (χ1n) is 5.56. The quantitative estimate of drug-likeness (QED) is 0.519. The molecule has 20 heavy (non-hydrogen) atoms. The number of anilines is 1. The standard InChI is InChI=1S/C15H10FN3.Y/c1-17-15-9-8-13(19-11-15)3-2-10-18-14-6-4-12(16)5-7-14;/h4-6,8-9,11,17H,1H3;/q-2;. The largest absolute Gasteiger partial charge is 0.402 e. The van der Waals surface area contributed by atoms with E-state index in [1.54, 1.807) is 12.3 Å². The van der Waals surface area contributed by atoms with Gasteiger partial charge >= 0.3 is 0 Å². The zero-order chi connectivity index (χ0) is 13.5. The van der Waals surface area contributed by atoms with Crippen molar-refractivity contribution in [1.82, 2.24) is 4.98 Å². The Morgan fingerprint density at radius 2 is 2.20 bits per heavy atom. The molecule has 3 nitrogen and oxygen atoms in total. The molecular weight excluding hydrogens is 330 g/mol. The molecule has 0 aliphatic rings. The third kappa shape index (κ3) is 5.20. The smallest absolute Gasteiger partial charge is 0.0524 e. The number of halogens is 1. The summed E-state index contributed by atoms with van der Waals surface area (Å²) in [6.45, 7) is 0. The molecule has 1 radical (unpaired) electrons. The molecule has 0 unspecified atom stereocenters. The third-order valence-electron chi connectivity index (χ3n) is 2.23. The number of benzene rings is 1. The van der Waals surface area contributed by atoms with Crippen LogP contribution >= 0.6 is 0 Å². The van der Waals surface area contributed by atoms with Gasteiger partial charge in [0.25, 0.3) is 0 Å². The number of pyridine rings is 1. The van der Waals surface area contributed by atoms with Gasteiger partial charge in [0.1, 0.15) is 0 Å². The molecule has 0 saturated heterocycles. The number of nitrogens with one attached hydrogen (secondary N) is 1. The van der Waals surface area contributed by atoms with E-state index in [4.69, 9.17) is 0 Å². The van der Waals surface area contributed by atoms with Gasteiger partial charge in [0.15, 0.2) is 0 Å². The minimum absolute atomic E-state index is 0. The molecular formula is C15H10FN3Y-2. The van der Waals surface area contributed by atoms with E-state index in [0.717, 1.165) is 5.69 Å². The Labute approximate surface area is 142 Å². The summed E-state index contributed by atoms with van der Waals surface area (Å²) in [6, 6.07) is 10.4. The van der Waals surface area contributed by atoms with Crippen LogP contribution in [0.15, 0.2) is 41.5 Å². The maximum absolute atomic E-state index is 12.6. The summed E-state index contributed by atoms with van der Waals surface area (Å²) in [7, 11) is 1.82. The Hall–Kier alpha value is -1.57. The normalized spacial score (nSPS) is 9.50. The second-order valence-electron chi connectivity index (χ2n) is 3.55. The molecule has 1 aromatic heterocycles. The van der Waals surface area contributed by atoms with Gasteiger partial charge in [0.05, 0.1) is 11.9 Å². The fraction of sp³-hybridized carbons (Fsp3) is 0.0667. The summed E-state index contributed by atoms with van der Waals surface area (Å²) in [6.07, 6.45) is 4.24. The molecule has 97 valence electrons. The van der Waals surface area contributed by atoms with Gasteiger partial charge in [-0.1, -0.05) is 0 Å². The van der Waals surface area contributed by atoms with Crippen molar-refractivity contribution < 1.29 is 37.1 Å². The van der Waals surface area contributed by atoms with E-state index < -0.39 is 0 Å². The van der Waals surface area contributed by atoms with E-state index in [1.807, 2.05) is 13.1 Å². The van der Waals surface area contributed by atoms with Crippen LogP contribution in [0.5, 0.6) is 0 Å². The SMILES string of the molecule is CNc1ccc(C#C[C-]=Nc2[c-]cc(F)cc2)nc1.[Y]. The molecule has 0 amide bonds. The molecule has 0 saturated carbocycles. The first-order chi connectivity index (χ1) is 9.28. The van der Waals surface area contributed by atoms with E-state index in [1.165, 1.54) is 18.2 Å². The fourth-order valence-corrected chi connectivity index (χ4v) is 1.26. The molecule has 0 spiro atoms. The Bertz CT molecular complexity index is 625. The van der Waals surface area contributed by atoms with Crippen LogP contribution in [0, 0.1) is 23.7 Å². The van der Waals surface area contributed by atoms with Crippen molar-refractivity contribution in [1.29, 1.82) is 0 Å². The second-order valence-corrected chi connectivity index (χ2v) is 3.55. The van der Waals surface area contributed by atoms with Crippen molar-refractivity contribution in [2.75, 3.05) is 12.4 Å². The minimum atomic E-state index is -0.348. The van der Waals surface area contributed by atoms with Gasteiger partial charge < -0.3 is 10.3 Å². The number of hydrogen-bond acceptors (Lipinski definition) is 3. The van der Waals surface area contributed by atoms with Gasteiger partial charge in [-0.05, 0) is 18.3 Å². The van der Waals surface area contributed by atoms with Gasteiger partial charge in [0, 0.05) is 51.3 Å². The summed E-state index contributed by atoms with van der Waals surface area (Å²) < 4.78 is 12.6. The Morgan fingerprint density at radius 3 is 2.80 bits per heavy atom. The van der Waals surface area contributed by atoms with E-state index in [2.05, 4.69) is 39.4 Å². The van der Waals surface area contributed by atoms with E-state index in [-0.39, 0.29) is 38.5 Å². The summed E-state index contributed by atoms with van der Waals surface area (Å²) in [5, 5.41) is 2.97. The second kappa shape index (κ2) is 8.57. The zero-order valence-corrected chi connectivity index (χ0v) is 13.7. The van der Waals surface area contributed by atoms with Crippen LogP contribution in [0.1, 0.15) is 5.69 Å². The number of aromatic nitrogens is 1. The molecule has 1 N–H and O–H groups in total.